The summed E-state index contributed by atoms with van der Waals surface area (Å²) in [7, 11) is 0. The van der Waals surface area contributed by atoms with E-state index in [0.29, 0.717) is 18.5 Å². The maximum Gasteiger partial charge on any atom is 0.254 e. The fourth-order valence-electron chi connectivity index (χ4n) is 2.27. The van der Waals surface area contributed by atoms with Crippen LogP contribution in [0, 0.1) is 6.92 Å². The van der Waals surface area contributed by atoms with Crippen molar-refractivity contribution >= 4 is 11.8 Å². The summed E-state index contributed by atoms with van der Waals surface area (Å²) in [5, 5.41) is 0. The Morgan fingerprint density at radius 1 is 1.35 bits per heavy atom. The maximum absolute atomic E-state index is 12.3. The summed E-state index contributed by atoms with van der Waals surface area (Å²) in [6, 6.07) is 6.95. The van der Waals surface area contributed by atoms with Crippen molar-refractivity contribution in [1.82, 2.24) is 4.90 Å². The number of rotatable bonds is 2. The summed E-state index contributed by atoms with van der Waals surface area (Å²) in [5.74, 6) is -0.506. The summed E-state index contributed by atoms with van der Waals surface area (Å²) in [6.45, 7) is 2.50. The van der Waals surface area contributed by atoms with Gasteiger partial charge in [-0.3, -0.25) is 9.59 Å². The summed E-state index contributed by atoms with van der Waals surface area (Å²) in [5.41, 5.74) is 6.89. The minimum Gasteiger partial charge on any atom is -0.368 e. The molecule has 1 aliphatic heterocycles. The molecule has 4 nitrogen and oxygen atoms in total. The number of likely N-dealkylation sites (tertiary alicyclic amines) is 1. The molecule has 1 saturated heterocycles. The predicted molar refractivity (Wildman–Crippen MR) is 64.4 cm³/mol. The Hall–Kier alpha value is -1.84. The Balaban J connectivity index is 2.26. The molecule has 0 aliphatic carbocycles. The molecule has 2 N–H and O–H groups in total. The monoisotopic (exact) mass is 232 g/mol. The Bertz CT molecular complexity index is 456. The van der Waals surface area contributed by atoms with Crippen LogP contribution in [0.3, 0.4) is 0 Å². The molecule has 0 spiro atoms. The Morgan fingerprint density at radius 3 is 2.71 bits per heavy atom. The van der Waals surface area contributed by atoms with Crippen LogP contribution in [0.5, 0.6) is 0 Å². The van der Waals surface area contributed by atoms with E-state index in [-0.39, 0.29) is 5.91 Å². The first-order valence-electron chi connectivity index (χ1n) is 5.77. The zero-order chi connectivity index (χ0) is 12.4. The highest BCUT2D eigenvalue weighted by Gasteiger charge is 2.33. The van der Waals surface area contributed by atoms with Crippen LogP contribution in [-0.4, -0.2) is 29.3 Å². The van der Waals surface area contributed by atoms with E-state index < -0.39 is 11.9 Å². The molecule has 17 heavy (non-hydrogen) atoms. The van der Waals surface area contributed by atoms with Crippen molar-refractivity contribution in [2.24, 2.45) is 5.73 Å². The molecule has 0 radical (unpaired) electrons. The highest BCUT2D eigenvalue weighted by Crippen LogP contribution is 2.21. The molecule has 4 heteroatoms. The molecule has 0 aromatic heterocycles. The quantitative estimate of drug-likeness (QED) is 0.829. The first-order valence-corrected chi connectivity index (χ1v) is 5.77. The lowest BCUT2D eigenvalue weighted by Crippen LogP contribution is -2.43. The van der Waals surface area contributed by atoms with Gasteiger partial charge in [0, 0.05) is 12.1 Å². The van der Waals surface area contributed by atoms with Crippen molar-refractivity contribution in [3.05, 3.63) is 35.4 Å². The highest BCUT2D eigenvalue weighted by atomic mass is 16.2. The van der Waals surface area contributed by atoms with Crippen LogP contribution in [0.25, 0.3) is 0 Å². The molecule has 1 aliphatic rings. The van der Waals surface area contributed by atoms with Crippen LogP contribution in [0.1, 0.15) is 28.8 Å². The van der Waals surface area contributed by atoms with Crippen molar-refractivity contribution in [1.29, 1.82) is 0 Å². The smallest absolute Gasteiger partial charge is 0.254 e. The van der Waals surface area contributed by atoms with Crippen molar-refractivity contribution in [3.63, 3.8) is 0 Å². The lowest BCUT2D eigenvalue weighted by atomic mass is 10.1. The molecule has 0 unspecified atom stereocenters. The van der Waals surface area contributed by atoms with E-state index >= 15 is 0 Å². The number of nitrogens with zero attached hydrogens (tertiary/aromatic N) is 1. The van der Waals surface area contributed by atoms with E-state index in [9.17, 15) is 9.59 Å². The summed E-state index contributed by atoms with van der Waals surface area (Å²) in [4.78, 5) is 25.1. The highest BCUT2D eigenvalue weighted by molar-refractivity contribution is 5.98. The van der Waals surface area contributed by atoms with Crippen molar-refractivity contribution in [2.75, 3.05) is 6.54 Å². The van der Waals surface area contributed by atoms with E-state index in [0.717, 1.165) is 12.0 Å². The van der Waals surface area contributed by atoms with Crippen LogP contribution in [0.4, 0.5) is 0 Å². The Morgan fingerprint density at radius 2 is 2.06 bits per heavy atom. The number of nitrogens with two attached hydrogens (primary N) is 1. The molecule has 90 valence electrons. The first-order chi connectivity index (χ1) is 8.11. The van der Waals surface area contributed by atoms with Crippen LogP contribution in [0.2, 0.25) is 0 Å². The third-order valence-electron chi connectivity index (χ3n) is 3.22. The third-order valence-corrected chi connectivity index (χ3v) is 3.22. The number of aryl methyl sites for hydroxylation is 1. The van der Waals surface area contributed by atoms with Crippen LogP contribution in [0.15, 0.2) is 24.3 Å². The zero-order valence-corrected chi connectivity index (χ0v) is 9.85. The molecule has 2 amide bonds. The van der Waals surface area contributed by atoms with Gasteiger partial charge in [0.05, 0.1) is 0 Å². The number of benzene rings is 1. The van der Waals surface area contributed by atoms with Crippen LogP contribution >= 0.6 is 0 Å². The van der Waals surface area contributed by atoms with E-state index in [1.165, 1.54) is 0 Å². The second-order valence-corrected chi connectivity index (χ2v) is 4.37. The van der Waals surface area contributed by atoms with Crippen molar-refractivity contribution < 1.29 is 9.59 Å². The van der Waals surface area contributed by atoms with E-state index in [2.05, 4.69) is 0 Å². The topological polar surface area (TPSA) is 63.4 Å². The van der Waals surface area contributed by atoms with E-state index in [4.69, 9.17) is 5.73 Å². The lowest BCUT2D eigenvalue weighted by Gasteiger charge is -2.22. The fourth-order valence-corrected chi connectivity index (χ4v) is 2.27. The number of primary amides is 1. The molecular formula is C13H16N2O2. The second-order valence-electron chi connectivity index (χ2n) is 4.37. The Kier molecular flexibility index (Phi) is 3.13. The minimum atomic E-state index is -0.442. The van der Waals surface area contributed by atoms with E-state index in [1.54, 1.807) is 11.0 Å². The normalized spacial score (nSPS) is 19.4. The summed E-state index contributed by atoms with van der Waals surface area (Å²) < 4.78 is 0. The van der Waals surface area contributed by atoms with Gasteiger partial charge < -0.3 is 10.6 Å². The standard InChI is InChI=1S/C13H16N2O2/c1-9-5-2-3-6-10(9)13(17)15-8-4-7-11(15)12(14)16/h2-3,5-6,11H,4,7-8H2,1H3,(H2,14,16)/t11-/m0/s1. The van der Waals surface area contributed by atoms with Gasteiger partial charge in [0.25, 0.3) is 5.91 Å². The Labute approximate surface area is 100 Å². The molecule has 0 bridgehead atoms. The fraction of sp³-hybridized carbons (Fsp3) is 0.385. The third kappa shape index (κ3) is 2.16. The van der Waals surface area contributed by atoms with E-state index in [1.807, 2.05) is 25.1 Å². The SMILES string of the molecule is Cc1ccccc1C(=O)N1CCC[C@H]1C(N)=O. The largest absolute Gasteiger partial charge is 0.368 e. The van der Waals surface area contributed by atoms with Crippen LogP contribution in [-0.2, 0) is 4.79 Å². The number of hydrogen-bond acceptors (Lipinski definition) is 2. The average Bonchev–Trinajstić information content (AvgIpc) is 2.77. The zero-order valence-electron chi connectivity index (χ0n) is 9.85. The minimum absolute atomic E-state index is 0.0931. The lowest BCUT2D eigenvalue weighted by molar-refractivity contribution is -0.121. The molecular weight excluding hydrogens is 216 g/mol. The second kappa shape index (κ2) is 4.57. The average molecular weight is 232 g/mol. The summed E-state index contributed by atoms with van der Waals surface area (Å²) >= 11 is 0. The first kappa shape index (κ1) is 11.6. The van der Waals surface area contributed by atoms with Gasteiger partial charge in [-0.1, -0.05) is 18.2 Å². The molecule has 2 rings (SSSR count). The predicted octanol–water partition coefficient (Wildman–Crippen LogP) is 1.08. The number of hydrogen-bond donors (Lipinski definition) is 1. The molecule has 0 saturated carbocycles. The van der Waals surface area contributed by atoms with Gasteiger partial charge in [0.15, 0.2) is 0 Å². The van der Waals surface area contributed by atoms with Gasteiger partial charge in [-0.25, -0.2) is 0 Å². The molecule has 1 fully saturated rings. The molecule has 1 heterocycles. The van der Waals surface area contributed by atoms with Gasteiger partial charge in [0.1, 0.15) is 6.04 Å². The number of carbonyl (C=O) groups is 2. The molecule has 1 aromatic carbocycles. The van der Waals surface area contributed by atoms with Crippen molar-refractivity contribution in [3.8, 4) is 0 Å². The van der Waals surface area contributed by atoms with Gasteiger partial charge >= 0.3 is 0 Å². The van der Waals surface area contributed by atoms with Gasteiger partial charge in [-0.2, -0.15) is 0 Å². The van der Waals surface area contributed by atoms with Crippen LogP contribution < -0.4 is 5.73 Å². The molecule has 1 aromatic rings. The van der Waals surface area contributed by atoms with Gasteiger partial charge in [-0.05, 0) is 31.4 Å². The van der Waals surface area contributed by atoms with Gasteiger partial charge in [0.2, 0.25) is 5.91 Å². The maximum atomic E-state index is 12.3. The summed E-state index contributed by atoms with van der Waals surface area (Å²) in [6.07, 6.45) is 1.51. The van der Waals surface area contributed by atoms with Gasteiger partial charge in [-0.15, -0.1) is 0 Å². The number of amides is 2. The van der Waals surface area contributed by atoms with Crippen molar-refractivity contribution in [2.45, 2.75) is 25.8 Å². The molecule has 1 atom stereocenters. The number of carbonyl (C=O) groups excluding carboxylic acids is 2.